The summed E-state index contributed by atoms with van der Waals surface area (Å²) >= 11 is 5.96. The van der Waals surface area contributed by atoms with Crippen LogP contribution in [0.1, 0.15) is 31.7 Å². The van der Waals surface area contributed by atoms with Gasteiger partial charge in [0.25, 0.3) is 0 Å². The van der Waals surface area contributed by atoms with Crippen molar-refractivity contribution in [3.05, 3.63) is 34.6 Å². The van der Waals surface area contributed by atoms with Gasteiger partial charge in [0.05, 0.1) is 0 Å². The molecule has 1 rings (SSSR count). The first kappa shape index (κ1) is 16.9. The number of carbonyl (C=O) groups is 1. The Labute approximate surface area is 124 Å². The fraction of sp³-hybridized carbons (Fsp3) is 0.533. The SMILES string of the molecule is CC(CCN)CCC(=O)N(C)Cc1c(F)cccc1Cl. The van der Waals surface area contributed by atoms with E-state index in [0.29, 0.717) is 29.5 Å². The van der Waals surface area contributed by atoms with E-state index in [4.69, 9.17) is 17.3 Å². The minimum Gasteiger partial charge on any atom is -0.341 e. The van der Waals surface area contributed by atoms with Gasteiger partial charge < -0.3 is 10.6 Å². The van der Waals surface area contributed by atoms with E-state index in [0.717, 1.165) is 12.8 Å². The Morgan fingerprint density at radius 1 is 1.45 bits per heavy atom. The zero-order valence-electron chi connectivity index (χ0n) is 12.0. The molecule has 0 bridgehead atoms. The lowest BCUT2D eigenvalue weighted by Crippen LogP contribution is -2.27. The largest absolute Gasteiger partial charge is 0.341 e. The van der Waals surface area contributed by atoms with E-state index in [1.807, 2.05) is 0 Å². The number of benzene rings is 1. The summed E-state index contributed by atoms with van der Waals surface area (Å²) in [6, 6.07) is 4.53. The van der Waals surface area contributed by atoms with E-state index in [1.165, 1.54) is 11.0 Å². The maximum absolute atomic E-state index is 13.7. The second kappa shape index (κ2) is 8.22. The quantitative estimate of drug-likeness (QED) is 0.840. The lowest BCUT2D eigenvalue weighted by atomic mass is 10.0. The topological polar surface area (TPSA) is 46.3 Å². The normalized spacial score (nSPS) is 12.2. The van der Waals surface area contributed by atoms with Gasteiger partial charge in [-0.2, -0.15) is 0 Å². The second-order valence-corrected chi connectivity index (χ2v) is 5.58. The van der Waals surface area contributed by atoms with Crippen LogP contribution in [0.4, 0.5) is 4.39 Å². The number of nitrogens with two attached hydrogens (primary N) is 1. The molecule has 1 amide bonds. The van der Waals surface area contributed by atoms with E-state index >= 15 is 0 Å². The highest BCUT2D eigenvalue weighted by Crippen LogP contribution is 2.21. The van der Waals surface area contributed by atoms with E-state index < -0.39 is 0 Å². The molecule has 0 saturated carbocycles. The van der Waals surface area contributed by atoms with E-state index in [2.05, 4.69) is 6.92 Å². The number of carbonyl (C=O) groups excluding carboxylic acids is 1. The first-order chi connectivity index (χ1) is 9.45. The average molecular weight is 301 g/mol. The predicted octanol–water partition coefficient (Wildman–Crippen LogP) is 3.20. The van der Waals surface area contributed by atoms with Crippen LogP contribution in [0.2, 0.25) is 5.02 Å². The molecule has 0 aliphatic carbocycles. The number of rotatable bonds is 7. The lowest BCUT2D eigenvalue weighted by Gasteiger charge is -2.19. The first-order valence-electron chi connectivity index (χ1n) is 6.82. The third-order valence-corrected chi connectivity index (χ3v) is 3.75. The Kier molecular flexibility index (Phi) is 6.96. The van der Waals surface area contributed by atoms with Crippen molar-refractivity contribution in [1.29, 1.82) is 0 Å². The van der Waals surface area contributed by atoms with Crippen molar-refractivity contribution in [3.8, 4) is 0 Å². The molecule has 1 atom stereocenters. The highest BCUT2D eigenvalue weighted by Gasteiger charge is 2.15. The maximum Gasteiger partial charge on any atom is 0.222 e. The number of hydrogen-bond acceptors (Lipinski definition) is 2. The average Bonchev–Trinajstić information content (AvgIpc) is 2.40. The third kappa shape index (κ3) is 5.10. The summed E-state index contributed by atoms with van der Waals surface area (Å²) in [7, 11) is 1.67. The summed E-state index contributed by atoms with van der Waals surface area (Å²) < 4.78 is 13.7. The molecule has 1 aromatic rings. The van der Waals surface area contributed by atoms with Gasteiger partial charge in [-0.1, -0.05) is 24.6 Å². The number of nitrogens with zero attached hydrogens (tertiary/aromatic N) is 1. The van der Waals surface area contributed by atoms with Crippen LogP contribution in [0, 0.1) is 11.7 Å². The molecular weight excluding hydrogens is 279 g/mol. The van der Waals surface area contributed by atoms with Gasteiger partial charge >= 0.3 is 0 Å². The summed E-state index contributed by atoms with van der Waals surface area (Å²) in [5.41, 5.74) is 5.84. The fourth-order valence-electron chi connectivity index (χ4n) is 2.00. The van der Waals surface area contributed by atoms with Crippen molar-refractivity contribution >= 4 is 17.5 Å². The fourth-order valence-corrected chi connectivity index (χ4v) is 2.22. The van der Waals surface area contributed by atoms with Gasteiger partial charge in [-0.05, 0) is 37.4 Å². The molecule has 20 heavy (non-hydrogen) atoms. The minimum absolute atomic E-state index is 0.00630. The Bertz CT molecular complexity index is 433. The Morgan fingerprint density at radius 3 is 2.75 bits per heavy atom. The number of amides is 1. The lowest BCUT2D eigenvalue weighted by molar-refractivity contribution is -0.130. The zero-order chi connectivity index (χ0) is 15.1. The first-order valence-corrected chi connectivity index (χ1v) is 7.20. The predicted molar refractivity (Wildman–Crippen MR) is 80.0 cm³/mol. The van der Waals surface area contributed by atoms with Crippen LogP contribution < -0.4 is 5.73 Å². The Morgan fingerprint density at radius 2 is 2.15 bits per heavy atom. The summed E-state index contributed by atoms with van der Waals surface area (Å²) in [6.07, 6.45) is 2.16. The van der Waals surface area contributed by atoms with Crippen molar-refractivity contribution in [3.63, 3.8) is 0 Å². The Balaban J connectivity index is 2.53. The molecule has 0 aromatic heterocycles. The zero-order valence-corrected chi connectivity index (χ0v) is 12.8. The molecule has 0 radical (unpaired) electrons. The molecule has 5 heteroatoms. The molecule has 0 spiro atoms. The molecule has 0 saturated heterocycles. The van der Waals surface area contributed by atoms with Crippen LogP contribution in [0.5, 0.6) is 0 Å². The molecule has 0 aliphatic rings. The Hall–Kier alpha value is -1.13. The van der Waals surface area contributed by atoms with Crippen LogP contribution >= 0.6 is 11.6 Å². The highest BCUT2D eigenvalue weighted by atomic mass is 35.5. The summed E-state index contributed by atoms with van der Waals surface area (Å²) in [5.74, 6) is 0.0382. The van der Waals surface area contributed by atoms with E-state index in [9.17, 15) is 9.18 Å². The molecule has 0 fully saturated rings. The number of hydrogen-bond donors (Lipinski definition) is 1. The molecule has 1 unspecified atom stereocenters. The van der Waals surface area contributed by atoms with Gasteiger partial charge in [-0.3, -0.25) is 4.79 Å². The summed E-state index contributed by atoms with van der Waals surface area (Å²) in [6.45, 7) is 2.90. The standard InChI is InChI=1S/C15H22ClFN2O/c1-11(8-9-18)6-7-15(20)19(2)10-12-13(16)4-3-5-14(12)17/h3-5,11H,6-10,18H2,1-2H3. The monoisotopic (exact) mass is 300 g/mol. The van der Waals surface area contributed by atoms with Crippen LogP contribution in [-0.4, -0.2) is 24.4 Å². The smallest absolute Gasteiger partial charge is 0.222 e. The van der Waals surface area contributed by atoms with Crippen LogP contribution in [0.15, 0.2) is 18.2 Å². The molecule has 3 nitrogen and oxygen atoms in total. The van der Waals surface area contributed by atoms with Crippen LogP contribution in [0.3, 0.4) is 0 Å². The molecule has 2 N–H and O–H groups in total. The van der Waals surface area contributed by atoms with Gasteiger partial charge in [-0.15, -0.1) is 0 Å². The highest BCUT2D eigenvalue weighted by molar-refractivity contribution is 6.31. The summed E-state index contributed by atoms with van der Waals surface area (Å²) in [4.78, 5) is 13.5. The van der Waals surface area contributed by atoms with Gasteiger partial charge in [0.15, 0.2) is 0 Å². The minimum atomic E-state index is -0.381. The maximum atomic E-state index is 13.7. The second-order valence-electron chi connectivity index (χ2n) is 5.17. The molecule has 0 heterocycles. The van der Waals surface area contributed by atoms with Crippen molar-refractivity contribution in [2.45, 2.75) is 32.7 Å². The molecule has 0 aliphatic heterocycles. The van der Waals surface area contributed by atoms with Gasteiger partial charge in [0.1, 0.15) is 5.82 Å². The van der Waals surface area contributed by atoms with Crippen molar-refractivity contribution in [1.82, 2.24) is 4.90 Å². The van der Waals surface area contributed by atoms with Crippen molar-refractivity contribution in [2.24, 2.45) is 11.7 Å². The molecular formula is C15H22ClFN2O. The third-order valence-electron chi connectivity index (χ3n) is 3.39. The van der Waals surface area contributed by atoms with Gasteiger partial charge in [-0.25, -0.2) is 4.39 Å². The van der Waals surface area contributed by atoms with E-state index in [-0.39, 0.29) is 18.3 Å². The summed E-state index contributed by atoms with van der Waals surface area (Å²) in [5, 5.41) is 0.348. The van der Waals surface area contributed by atoms with Crippen LogP contribution in [0.25, 0.3) is 0 Å². The van der Waals surface area contributed by atoms with E-state index in [1.54, 1.807) is 19.2 Å². The van der Waals surface area contributed by atoms with Gasteiger partial charge in [0, 0.05) is 30.6 Å². The molecule has 1 aromatic carbocycles. The molecule has 112 valence electrons. The van der Waals surface area contributed by atoms with Crippen molar-refractivity contribution < 1.29 is 9.18 Å². The van der Waals surface area contributed by atoms with Gasteiger partial charge in [0.2, 0.25) is 5.91 Å². The number of halogens is 2. The van der Waals surface area contributed by atoms with Crippen LogP contribution in [-0.2, 0) is 11.3 Å². The van der Waals surface area contributed by atoms with Crippen molar-refractivity contribution in [2.75, 3.05) is 13.6 Å².